The standard InChI is InChI=1S/C6H11FN2/c1-5(2)6(4-7)9-8-3/h8H,1,4H2,2-3H3/b9-6-. The first-order chi connectivity index (χ1) is 4.22. The van der Waals surface area contributed by atoms with Crippen LogP contribution in [0.4, 0.5) is 4.39 Å². The highest BCUT2D eigenvalue weighted by Crippen LogP contribution is 1.92. The lowest BCUT2D eigenvalue weighted by atomic mass is 10.2. The molecule has 0 aromatic rings. The first-order valence-corrected chi connectivity index (χ1v) is 2.67. The van der Waals surface area contributed by atoms with Crippen molar-refractivity contribution in [2.75, 3.05) is 13.7 Å². The summed E-state index contributed by atoms with van der Waals surface area (Å²) in [5.74, 6) is 0. The summed E-state index contributed by atoms with van der Waals surface area (Å²) in [5, 5.41) is 3.63. The highest BCUT2D eigenvalue weighted by molar-refractivity contribution is 5.99. The van der Waals surface area contributed by atoms with E-state index in [-0.39, 0.29) is 0 Å². The van der Waals surface area contributed by atoms with Gasteiger partial charge in [-0.05, 0) is 12.5 Å². The molecular weight excluding hydrogens is 119 g/mol. The number of allylic oxidation sites excluding steroid dienone is 1. The van der Waals surface area contributed by atoms with Crippen molar-refractivity contribution in [3.8, 4) is 0 Å². The zero-order valence-electron chi connectivity index (χ0n) is 5.74. The summed E-state index contributed by atoms with van der Waals surface area (Å²) in [7, 11) is 1.62. The number of hydrazone groups is 1. The van der Waals surface area contributed by atoms with E-state index in [1.54, 1.807) is 14.0 Å². The average Bonchev–Trinajstić information content (AvgIpc) is 1.82. The molecule has 0 fully saturated rings. The lowest BCUT2D eigenvalue weighted by Gasteiger charge is -1.97. The number of rotatable bonds is 3. The fourth-order valence-electron chi connectivity index (χ4n) is 0.374. The van der Waals surface area contributed by atoms with Crippen molar-refractivity contribution in [3.05, 3.63) is 12.2 Å². The summed E-state index contributed by atoms with van der Waals surface area (Å²) in [4.78, 5) is 0. The first-order valence-electron chi connectivity index (χ1n) is 2.67. The Morgan fingerprint density at radius 3 is 2.44 bits per heavy atom. The Kier molecular flexibility index (Phi) is 3.67. The van der Waals surface area contributed by atoms with Gasteiger partial charge in [-0.25, -0.2) is 4.39 Å². The van der Waals surface area contributed by atoms with Crippen LogP contribution in [0.3, 0.4) is 0 Å². The number of halogens is 1. The molecule has 0 atom stereocenters. The predicted molar refractivity (Wildman–Crippen MR) is 37.3 cm³/mol. The maximum atomic E-state index is 11.9. The van der Waals surface area contributed by atoms with E-state index >= 15 is 0 Å². The number of alkyl halides is 1. The van der Waals surface area contributed by atoms with Gasteiger partial charge in [0.1, 0.15) is 6.67 Å². The molecule has 0 heterocycles. The molecule has 0 aromatic carbocycles. The smallest absolute Gasteiger partial charge is 0.133 e. The van der Waals surface area contributed by atoms with E-state index in [9.17, 15) is 4.39 Å². The Balaban J connectivity index is 3.98. The van der Waals surface area contributed by atoms with Gasteiger partial charge in [-0.3, -0.25) is 0 Å². The Morgan fingerprint density at radius 2 is 2.33 bits per heavy atom. The molecule has 0 aliphatic carbocycles. The van der Waals surface area contributed by atoms with Crippen molar-refractivity contribution < 1.29 is 4.39 Å². The van der Waals surface area contributed by atoms with E-state index in [4.69, 9.17) is 0 Å². The average molecular weight is 130 g/mol. The second-order valence-corrected chi connectivity index (χ2v) is 1.70. The molecule has 1 N–H and O–H groups in total. The van der Waals surface area contributed by atoms with Crippen LogP contribution in [-0.2, 0) is 0 Å². The lowest BCUT2D eigenvalue weighted by molar-refractivity contribution is 0.578. The van der Waals surface area contributed by atoms with Gasteiger partial charge in [-0.1, -0.05) is 6.58 Å². The molecule has 0 unspecified atom stereocenters. The van der Waals surface area contributed by atoms with Gasteiger partial charge in [0.05, 0.1) is 5.71 Å². The van der Waals surface area contributed by atoms with Crippen LogP contribution in [0.5, 0.6) is 0 Å². The Labute approximate surface area is 54.5 Å². The second kappa shape index (κ2) is 4.06. The van der Waals surface area contributed by atoms with Gasteiger partial charge in [0.25, 0.3) is 0 Å². The van der Waals surface area contributed by atoms with Crippen molar-refractivity contribution in [2.24, 2.45) is 5.10 Å². The van der Waals surface area contributed by atoms with Gasteiger partial charge in [0.2, 0.25) is 0 Å². The van der Waals surface area contributed by atoms with Gasteiger partial charge >= 0.3 is 0 Å². The van der Waals surface area contributed by atoms with Crippen molar-refractivity contribution in [1.82, 2.24) is 5.43 Å². The highest BCUT2D eigenvalue weighted by Gasteiger charge is 1.96. The van der Waals surface area contributed by atoms with E-state index in [2.05, 4.69) is 17.1 Å². The molecule has 0 rings (SSSR count). The molecule has 3 heteroatoms. The molecule has 0 radical (unpaired) electrons. The number of nitrogens with one attached hydrogen (secondary N) is 1. The molecule has 0 amide bonds. The van der Waals surface area contributed by atoms with Gasteiger partial charge in [0, 0.05) is 7.05 Å². The normalized spacial score (nSPS) is 11.2. The summed E-state index contributed by atoms with van der Waals surface area (Å²) in [6.45, 7) is 4.69. The molecular formula is C6H11FN2. The first kappa shape index (κ1) is 8.14. The minimum absolute atomic E-state index is 0.373. The summed E-state index contributed by atoms with van der Waals surface area (Å²) in [5.41, 5.74) is 3.52. The molecule has 9 heavy (non-hydrogen) atoms. The van der Waals surface area contributed by atoms with Crippen molar-refractivity contribution in [3.63, 3.8) is 0 Å². The lowest BCUT2D eigenvalue weighted by Crippen LogP contribution is -2.07. The van der Waals surface area contributed by atoms with Gasteiger partial charge < -0.3 is 5.43 Å². The fourth-order valence-corrected chi connectivity index (χ4v) is 0.374. The zero-order valence-corrected chi connectivity index (χ0v) is 5.74. The third-order valence-corrected chi connectivity index (χ3v) is 0.866. The zero-order chi connectivity index (χ0) is 7.28. The van der Waals surface area contributed by atoms with Gasteiger partial charge in [0.15, 0.2) is 0 Å². The van der Waals surface area contributed by atoms with Crippen molar-refractivity contribution >= 4 is 5.71 Å². The molecule has 0 saturated carbocycles. The molecule has 2 nitrogen and oxygen atoms in total. The Morgan fingerprint density at radius 1 is 1.78 bits per heavy atom. The maximum absolute atomic E-state index is 11.9. The molecule has 0 spiro atoms. The van der Waals surface area contributed by atoms with Crippen LogP contribution in [0.15, 0.2) is 17.3 Å². The Bertz CT molecular complexity index is 129. The summed E-state index contributed by atoms with van der Waals surface area (Å²) in [6.07, 6.45) is 0. The third kappa shape index (κ3) is 2.85. The molecule has 0 bridgehead atoms. The van der Waals surface area contributed by atoms with Crippen LogP contribution in [-0.4, -0.2) is 19.4 Å². The molecule has 0 aliphatic rings. The quantitative estimate of drug-likeness (QED) is 0.449. The van der Waals surface area contributed by atoms with Crippen molar-refractivity contribution in [1.29, 1.82) is 0 Å². The molecule has 0 aromatic heterocycles. The van der Waals surface area contributed by atoms with E-state index in [0.29, 0.717) is 11.3 Å². The van der Waals surface area contributed by atoms with Crippen LogP contribution in [0.25, 0.3) is 0 Å². The van der Waals surface area contributed by atoms with Crippen molar-refractivity contribution in [2.45, 2.75) is 6.92 Å². The highest BCUT2D eigenvalue weighted by atomic mass is 19.1. The number of nitrogens with zero attached hydrogens (tertiary/aromatic N) is 1. The predicted octanol–water partition coefficient (Wildman–Crippen LogP) is 1.11. The van der Waals surface area contributed by atoms with Crippen LogP contribution in [0.2, 0.25) is 0 Å². The molecule has 0 saturated heterocycles. The van der Waals surface area contributed by atoms with Gasteiger partial charge in [-0.15, -0.1) is 0 Å². The SMILES string of the molecule is C=C(C)/C(CF)=N\NC. The maximum Gasteiger partial charge on any atom is 0.133 e. The Hall–Kier alpha value is -0.860. The number of hydrogen-bond acceptors (Lipinski definition) is 2. The molecule has 0 aliphatic heterocycles. The van der Waals surface area contributed by atoms with E-state index in [0.717, 1.165) is 0 Å². The minimum atomic E-state index is -0.559. The largest absolute Gasteiger partial charge is 0.313 e. The molecule has 52 valence electrons. The fraction of sp³-hybridized carbons (Fsp3) is 0.500. The van der Waals surface area contributed by atoms with E-state index in [1.807, 2.05) is 0 Å². The topological polar surface area (TPSA) is 24.4 Å². The van der Waals surface area contributed by atoms with Crippen LogP contribution < -0.4 is 5.43 Å². The van der Waals surface area contributed by atoms with Crippen LogP contribution in [0.1, 0.15) is 6.92 Å². The second-order valence-electron chi connectivity index (χ2n) is 1.70. The van der Waals surface area contributed by atoms with Crippen LogP contribution in [0, 0.1) is 0 Å². The number of hydrogen-bond donors (Lipinski definition) is 1. The van der Waals surface area contributed by atoms with Crippen LogP contribution >= 0.6 is 0 Å². The monoisotopic (exact) mass is 130 g/mol. The summed E-state index contributed by atoms with van der Waals surface area (Å²) < 4.78 is 11.9. The summed E-state index contributed by atoms with van der Waals surface area (Å²) >= 11 is 0. The van der Waals surface area contributed by atoms with E-state index < -0.39 is 6.67 Å². The summed E-state index contributed by atoms with van der Waals surface area (Å²) in [6, 6.07) is 0. The third-order valence-electron chi connectivity index (χ3n) is 0.866. The minimum Gasteiger partial charge on any atom is -0.313 e. The van der Waals surface area contributed by atoms with Gasteiger partial charge in [-0.2, -0.15) is 5.10 Å². The van der Waals surface area contributed by atoms with E-state index in [1.165, 1.54) is 0 Å².